The van der Waals surface area contributed by atoms with Gasteiger partial charge in [-0.15, -0.1) is 0 Å². The van der Waals surface area contributed by atoms with Gasteiger partial charge in [-0.2, -0.15) is 0 Å². The number of hydrogen-bond donors (Lipinski definition) is 1. The highest BCUT2D eigenvalue weighted by atomic mass is 35.5. The van der Waals surface area contributed by atoms with Crippen molar-refractivity contribution >= 4 is 23.3 Å². The van der Waals surface area contributed by atoms with E-state index in [-0.39, 0.29) is 12.5 Å². The van der Waals surface area contributed by atoms with E-state index in [2.05, 4.69) is 9.97 Å². The standard InChI is InChI=1S/C14H21ClN4O/c1-3-12-17-13(15)9(2)14(18-12)19(8-11(16)20)10-6-4-5-7-10/h10H,3-8H2,1-2H3,(H2,16,20). The Bertz CT molecular complexity index is 500. The molecular weight excluding hydrogens is 276 g/mol. The predicted molar refractivity (Wildman–Crippen MR) is 80.0 cm³/mol. The van der Waals surface area contributed by atoms with Gasteiger partial charge in [-0.1, -0.05) is 31.4 Å². The second-order valence-electron chi connectivity index (χ2n) is 5.27. The van der Waals surface area contributed by atoms with E-state index in [1.165, 1.54) is 12.8 Å². The summed E-state index contributed by atoms with van der Waals surface area (Å²) in [5.41, 5.74) is 6.22. The Kier molecular flexibility index (Phi) is 4.81. The largest absolute Gasteiger partial charge is 0.368 e. The lowest BCUT2D eigenvalue weighted by atomic mass is 10.2. The Morgan fingerprint density at radius 3 is 2.60 bits per heavy atom. The number of halogens is 1. The molecule has 1 saturated carbocycles. The molecule has 20 heavy (non-hydrogen) atoms. The summed E-state index contributed by atoms with van der Waals surface area (Å²) in [4.78, 5) is 22.2. The van der Waals surface area contributed by atoms with Gasteiger partial charge in [0, 0.05) is 18.0 Å². The van der Waals surface area contributed by atoms with Crippen LogP contribution in [0.25, 0.3) is 0 Å². The number of aryl methyl sites for hydroxylation is 1. The highest BCUT2D eigenvalue weighted by molar-refractivity contribution is 6.30. The molecule has 1 amide bonds. The van der Waals surface area contributed by atoms with E-state index >= 15 is 0 Å². The summed E-state index contributed by atoms with van der Waals surface area (Å²) < 4.78 is 0. The van der Waals surface area contributed by atoms with Crippen molar-refractivity contribution in [3.05, 3.63) is 16.5 Å². The summed E-state index contributed by atoms with van der Waals surface area (Å²) in [6.07, 6.45) is 5.20. The highest BCUT2D eigenvalue weighted by Crippen LogP contribution is 2.31. The first kappa shape index (κ1) is 15.0. The van der Waals surface area contributed by atoms with Crippen LogP contribution in [0.4, 0.5) is 5.82 Å². The number of carbonyl (C=O) groups is 1. The molecule has 1 aromatic rings. The summed E-state index contributed by atoms with van der Waals surface area (Å²) in [6.45, 7) is 4.06. The third-order valence-electron chi connectivity index (χ3n) is 3.79. The molecule has 110 valence electrons. The smallest absolute Gasteiger partial charge is 0.237 e. The number of carbonyl (C=O) groups excluding carboxylic acids is 1. The number of anilines is 1. The highest BCUT2D eigenvalue weighted by Gasteiger charge is 2.27. The molecule has 0 saturated heterocycles. The average Bonchev–Trinajstić information content (AvgIpc) is 2.93. The van der Waals surface area contributed by atoms with Gasteiger partial charge in [0.25, 0.3) is 0 Å². The first-order chi connectivity index (χ1) is 9.52. The molecule has 2 rings (SSSR count). The van der Waals surface area contributed by atoms with Crippen molar-refractivity contribution in [3.63, 3.8) is 0 Å². The van der Waals surface area contributed by atoms with Crippen LogP contribution in [0.1, 0.15) is 44.0 Å². The number of hydrogen-bond acceptors (Lipinski definition) is 4. The molecule has 1 fully saturated rings. The molecule has 0 aromatic carbocycles. The van der Waals surface area contributed by atoms with Gasteiger partial charge in [0.15, 0.2) is 0 Å². The van der Waals surface area contributed by atoms with E-state index in [0.717, 1.165) is 24.2 Å². The number of primary amides is 1. The second-order valence-corrected chi connectivity index (χ2v) is 5.62. The zero-order valence-corrected chi connectivity index (χ0v) is 12.8. The number of amides is 1. The predicted octanol–water partition coefficient (Wildman–Crippen LogP) is 2.24. The molecule has 0 spiro atoms. The van der Waals surface area contributed by atoms with Gasteiger partial charge in [0.05, 0.1) is 6.54 Å². The van der Waals surface area contributed by atoms with Crippen LogP contribution in [0.3, 0.4) is 0 Å². The van der Waals surface area contributed by atoms with E-state index in [1.807, 2.05) is 18.7 Å². The first-order valence-corrected chi connectivity index (χ1v) is 7.48. The van der Waals surface area contributed by atoms with E-state index in [1.54, 1.807) is 0 Å². The zero-order chi connectivity index (χ0) is 14.7. The number of nitrogens with zero attached hydrogens (tertiary/aromatic N) is 3. The van der Waals surface area contributed by atoms with Crippen LogP contribution in [0.5, 0.6) is 0 Å². The minimum atomic E-state index is -0.343. The van der Waals surface area contributed by atoms with Crippen LogP contribution in [-0.2, 0) is 11.2 Å². The van der Waals surface area contributed by atoms with Crippen LogP contribution in [0.2, 0.25) is 5.15 Å². The van der Waals surface area contributed by atoms with E-state index in [9.17, 15) is 4.79 Å². The molecular formula is C14H21ClN4O. The lowest BCUT2D eigenvalue weighted by Gasteiger charge is -2.30. The molecule has 1 aliphatic rings. The van der Waals surface area contributed by atoms with Crippen LogP contribution in [0, 0.1) is 6.92 Å². The Morgan fingerprint density at radius 1 is 1.40 bits per heavy atom. The fraction of sp³-hybridized carbons (Fsp3) is 0.643. The minimum absolute atomic E-state index is 0.183. The molecule has 6 heteroatoms. The minimum Gasteiger partial charge on any atom is -0.368 e. The third-order valence-corrected chi connectivity index (χ3v) is 4.15. The van der Waals surface area contributed by atoms with Gasteiger partial charge in [-0.3, -0.25) is 4.79 Å². The first-order valence-electron chi connectivity index (χ1n) is 7.10. The maximum atomic E-state index is 11.4. The summed E-state index contributed by atoms with van der Waals surface area (Å²) >= 11 is 6.19. The van der Waals surface area contributed by atoms with Crippen molar-refractivity contribution in [3.8, 4) is 0 Å². The Labute approximate surface area is 124 Å². The van der Waals surface area contributed by atoms with Crippen molar-refractivity contribution in [2.45, 2.75) is 52.0 Å². The number of aromatic nitrogens is 2. The molecule has 1 aromatic heterocycles. The average molecular weight is 297 g/mol. The van der Waals surface area contributed by atoms with Gasteiger partial charge >= 0.3 is 0 Å². The fourth-order valence-corrected chi connectivity index (χ4v) is 2.90. The van der Waals surface area contributed by atoms with Gasteiger partial charge in [0.1, 0.15) is 16.8 Å². The molecule has 0 atom stereocenters. The second kappa shape index (κ2) is 6.39. The fourth-order valence-electron chi connectivity index (χ4n) is 2.72. The Balaban J connectivity index is 2.41. The maximum absolute atomic E-state index is 11.4. The molecule has 0 bridgehead atoms. The van der Waals surface area contributed by atoms with Crippen LogP contribution >= 0.6 is 11.6 Å². The van der Waals surface area contributed by atoms with Crippen molar-refractivity contribution in [1.82, 2.24) is 9.97 Å². The van der Waals surface area contributed by atoms with Crippen LogP contribution < -0.4 is 10.6 Å². The molecule has 1 heterocycles. The zero-order valence-electron chi connectivity index (χ0n) is 12.0. The van der Waals surface area contributed by atoms with Gasteiger partial charge in [-0.25, -0.2) is 9.97 Å². The number of nitrogens with two attached hydrogens (primary N) is 1. The summed E-state index contributed by atoms with van der Waals surface area (Å²) in [5.74, 6) is 1.11. The van der Waals surface area contributed by atoms with Crippen molar-refractivity contribution < 1.29 is 4.79 Å². The topological polar surface area (TPSA) is 72.1 Å². The monoisotopic (exact) mass is 296 g/mol. The van der Waals surface area contributed by atoms with Crippen molar-refractivity contribution in [2.24, 2.45) is 5.73 Å². The Hall–Kier alpha value is -1.36. The molecule has 0 radical (unpaired) electrons. The van der Waals surface area contributed by atoms with E-state index < -0.39 is 0 Å². The molecule has 2 N–H and O–H groups in total. The van der Waals surface area contributed by atoms with Gasteiger partial charge in [0.2, 0.25) is 5.91 Å². The van der Waals surface area contributed by atoms with Crippen LogP contribution in [0.15, 0.2) is 0 Å². The summed E-state index contributed by atoms with van der Waals surface area (Å²) in [6, 6.07) is 0.317. The van der Waals surface area contributed by atoms with E-state index in [0.29, 0.717) is 23.4 Å². The number of rotatable bonds is 5. The van der Waals surface area contributed by atoms with Crippen molar-refractivity contribution in [1.29, 1.82) is 0 Å². The van der Waals surface area contributed by atoms with Gasteiger partial charge < -0.3 is 10.6 Å². The molecule has 1 aliphatic carbocycles. The maximum Gasteiger partial charge on any atom is 0.237 e. The SMILES string of the molecule is CCc1nc(Cl)c(C)c(N(CC(N)=O)C2CCCC2)n1. The van der Waals surface area contributed by atoms with E-state index in [4.69, 9.17) is 17.3 Å². The third kappa shape index (κ3) is 3.20. The summed E-state index contributed by atoms with van der Waals surface area (Å²) in [7, 11) is 0. The summed E-state index contributed by atoms with van der Waals surface area (Å²) in [5, 5.41) is 0.458. The molecule has 0 aliphatic heterocycles. The normalized spacial score (nSPS) is 15.6. The quantitative estimate of drug-likeness (QED) is 0.846. The van der Waals surface area contributed by atoms with Gasteiger partial charge in [-0.05, 0) is 19.8 Å². The lowest BCUT2D eigenvalue weighted by Crippen LogP contribution is -2.41. The Morgan fingerprint density at radius 2 is 2.05 bits per heavy atom. The molecule has 5 nitrogen and oxygen atoms in total. The van der Waals surface area contributed by atoms with Crippen LogP contribution in [-0.4, -0.2) is 28.5 Å². The lowest BCUT2D eigenvalue weighted by molar-refractivity contribution is -0.116. The molecule has 0 unspecified atom stereocenters. The van der Waals surface area contributed by atoms with Crippen molar-refractivity contribution in [2.75, 3.05) is 11.4 Å².